The summed E-state index contributed by atoms with van der Waals surface area (Å²) in [6.07, 6.45) is 2.79. The lowest BCUT2D eigenvalue weighted by molar-refractivity contribution is -0.142. The predicted molar refractivity (Wildman–Crippen MR) is 283 cm³/mol. The molecular formula is C52H79N6O18P. The van der Waals surface area contributed by atoms with E-state index < -0.39 is 68.4 Å². The Morgan fingerprint density at radius 2 is 1.19 bits per heavy atom. The molecular weight excluding hydrogens is 1030 g/mol. The van der Waals surface area contributed by atoms with Gasteiger partial charge in [0, 0.05) is 63.3 Å². The van der Waals surface area contributed by atoms with E-state index in [0.29, 0.717) is 78.5 Å². The maximum atomic E-state index is 13.4. The largest absolute Gasteiger partial charge is 0.481 e. The first kappa shape index (κ1) is 67.0. The van der Waals surface area contributed by atoms with E-state index in [2.05, 4.69) is 27.8 Å². The predicted octanol–water partition coefficient (Wildman–Crippen LogP) is 3.86. The molecule has 0 spiro atoms. The first-order valence-electron chi connectivity index (χ1n) is 25.7. The highest BCUT2D eigenvalue weighted by molar-refractivity contribution is 7.50. The number of hydrogen-bond donors (Lipinski definition) is 9. The summed E-state index contributed by atoms with van der Waals surface area (Å²) < 4.78 is 39.0. The van der Waals surface area contributed by atoms with Gasteiger partial charge in [0.2, 0.25) is 29.5 Å². The maximum Gasteiger partial charge on any atom is 0.403 e. The van der Waals surface area contributed by atoms with Gasteiger partial charge in [0.1, 0.15) is 12.1 Å². The van der Waals surface area contributed by atoms with Gasteiger partial charge in [-0.25, -0.2) is 14.4 Å². The van der Waals surface area contributed by atoms with Gasteiger partial charge in [0.25, 0.3) is 0 Å². The van der Waals surface area contributed by atoms with Crippen molar-refractivity contribution in [2.75, 3.05) is 77.5 Å². The van der Waals surface area contributed by atoms with Crippen molar-refractivity contribution in [2.24, 2.45) is 0 Å². The number of ether oxygens (including phenoxy) is 4. The second kappa shape index (κ2) is 39.3. The summed E-state index contributed by atoms with van der Waals surface area (Å²) in [7, 11) is -4.57. The fraction of sp³-hybridized carbons (Fsp3) is 0.577. The monoisotopic (exact) mass is 1110 g/mol. The van der Waals surface area contributed by atoms with Crippen molar-refractivity contribution in [3.05, 3.63) is 71.8 Å². The van der Waals surface area contributed by atoms with E-state index in [4.69, 9.17) is 33.7 Å². The summed E-state index contributed by atoms with van der Waals surface area (Å²) in [6.45, 7) is 10.7. The molecule has 9 N–H and O–H groups in total. The average Bonchev–Trinajstić information content (AvgIpc) is 3.38. The number of carbonyl (C=O) groups excluding carboxylic acids is 5. The molecule has 5 amide bonds. The standard InChI is InChI=1S/C52H79N6O18P/c1-4-40-15-8-9-16-41(40)37-58(44-17-10-7-13-38(44)2)49(63)23-22-45(59)54-27-30-73-32-34-75-36-35-74-33-31-72-29-25-46(60)53-26-11-5-6-18-47(61)56-42(51(66)67)19-21-48(62)55-39(3)14-12-28-76-77(70,71)57-43(52(68)69)20-24-50(64)65/h4,7-10,13,15-17,39,42-43H,1,5-6,11-12,14,18-37H2,2-3H3,(H,53,60)(H,54,59)(H,55,62)(H,56,61)(H,64,65)(H,66,67)(H,68,69)(H2,57,70,71)/t39-,42+,43?/m1/s1. The molecule has 2 unspecified atom stereocenters. The van der Waals surface area contributed by atoms with Crippen LogP contribution in [0.4, 0.5) is 5.69 Å². The number of carboxylic acid groups (broad SMARTS) is 3. The Morgan fingerprint density at radius 1 is 0.610 bits per heavy atom. The number of hydrogen-bond acceptors (Lipinski definition) is 14. The highest BCUT2D eigenvalue weighted by Gasteiger charge is 2.29. The van der Waals surface area contributed by atoms with Gasteiger partial charge >= 0.3 is 25.7 Å². The van der Waals surface area contributed by atoms with Gasteiger partial charge < -0.3 is 65.3 Å². The highest BCUT2D eigenvalue weighted by atomic mass is 31.2. The number of nitrogens with one attached hydrogen (secondary N) is 5. The average molecular weight is 1110 g/mol. The van der Waals surface area contributed by atoms with Crippen molar-refractivity contribution < 1.29 is 86.6 Å². The number of amides is 5. The van der Waals surface area contributed by atoms with E-state index in [1.807, 2.05) is 60.5 Å². The SMILES string of the molecule is C=Cc1ccccc1CN(C(=O)CCC(=O)NCCOCCOCCOCCOCCC(=O)NCCCCCC(=O)N[C@@H](CCC(=O)N[C@H](C)CCCOP(=O)(O)NC(CCC(=O)O)C(=O)O)C(=O)O)c1ccccc1C. The van der Waals surface area contributed by atoms with Crippen molar-refractivity contribution in [3.8, 4) is 0 Å². The number of aryl methyl sites for hydroxylation is 1. The smallest absolute Gasteiger partial charge is 0.403 e. The van der Waals surface area contributed by atoms with Gasteiger partial charge in [-0.15, -0.1) is 0 Å². The third-order valence-corrected chi connectivity index (χ3v) is 12.6. The second-order valence-electron chi connectivity index (χ2n) is 17.8. The van der Waals surface area contributed by atoms with Crippen LogP contribution in [0.5, 0.6) is 0 Å². The molecule has 2 aromatic carbocycles. The summed E-state index contributed by atoms with van der Waals surface area (Å²) in [5.41, 5.74) is 3.65. The summed E-state index contributed by atoms with van der Waals surface area (Å²) >= 11 is 0. The second-order valence-corrected chi connectivity index (χ2v) is 19.4. The van der Waals surface area contributed by atoms with Crippen molar-refractivity contribution in [1.29, 1.82) is 0 Å². The van der Waals surface area contributed by atoms with E-state index in [1.165, 1.54) is 0 Å². The van der Waals surface area contributed by atoms with Crippen LogP contribution < -0.4 is 31.3 Å². The molecule has 0 aromatic heterocycles. The highest BCUT2D eigenvalue weighted by Crippen LogP contribution is 2.38. The third-order valence-electron chi connectivity index (χ3n) is 11.5. The Labute approximate surface area is 449 Å². The summed E-state index contributed by atoms with van der Waals surface area (Å²) in [5, 5.41) is 40.0. The Morgan fingerprint density at radius 3 is 1.84 bits per heavy atom. The summed E-state index contributed by atoms with van der Waals surface area (Å²) in [6, 6.07) is 12.0. The lowest BCUT2D eigenvalue weighted by Crippen LogP contribution is -2.42. The minimum absolute atomic E-state index is 0.0420. The molecule has 77 heavy (non-hydrogen) atoms. The molecule has 0 aliphatic rings. The number of carboxylic acids is 3. The van der Waals surface area contributed by atoms with Gasteiger partial charge in [-0.3, -0.25) is 38.1 Å². The van der Waals surface area contributed by atoms with Crippen LogP contribution in [0.3, 0.4) is 0 Å². The topological polar surface area (TPSA) is 344 Å². The van der Waals surface area contributed by atoms with Gasteiger partial charge in [-0.2, -0.15) is 0 Å². The molecule has 2 aromatic rings. The van der Waals surface area contributed by atoms with Crippen LogP contribution in [-0.4, -0.2) is 158 Å². The molecule has 0 radical (unpaired) electrons. The quantitative estimate of drug-likeness (QED) is 0.0336. The molecule has 0 heterocycles. The molecule has 0 fully saturated rings. The van der Waals surface area contributed by atoms with Crippen molar-refractivity contribution in [2.45, 2.75) is 122 Å². The molecule has 25 heteroatoms. The number of rotatable bonds is 45. The van der Waals surface area contributed by atoms with E-state index in [1.54, 1.807) is 17.9 Å². The van der Waals surface area contributed by atoms with E-state index in [0.717, 1.165) is 22.4 Å². The number of para-hydroxylation sites is 1. The number of aliphatic carboxylic acids is 3. The van der Waals surface area contributed by atoms with Crippen molar-refractivity contribution in [1.82, 2.24) is 26.4 Å². The number of benzene rings is 2. The zero-order valence-corrected chi connectivity index (χ0v) is 45.1. The minimum atomic E-state index is -4.57. The lowest BCUT2D eigenvalue weighted by Gasteiger charge is -2.25. The van der Waals surface area contributed by atoms with E-state index in [9.17, 15) is 52.9 Å². The van der Waals surface area contributed by atoms with Crippen LogP contribution in [0.25, 0.3) is 6.08 Å². The molecule has 0 saturated heterocycles. The Kier molecular flexibility index (Phi) is 34.2. The Balaban J connectivity index is 1.43. The maximum absolute atomic E-state index is 13.4. The first-order valence-corrected chi connectivity index (χ1v) is 27.3. The molecule has 0 aliphatic heterocycles. The van der Waals surface area contributed by atoms with Crippen molar-refractivity contribution >= 4 is 67.0 Å². The first-order chi connectivity index (χ1) is 36.8. The van der Waals surface area contributed by atoms with E-state index in [-0.39, 0.29) is 88.9 Å². The summed E-state index contributed by atoms with van der Waals surface area (Å²) in [4.78, 5) is 108. The molecule has 0 aliphatic carbocycles. The van der Waals surface area contributed by atoms with Crippen LogP contribution in [0.15, 0.2) is 55.1 Å². The van der Waals surface area contributed by atoms with E-state index >= 15 is 0 Å². The number of unbranched alkanes of at least 4 members (excludes halogenated alkanes) is 2. The third kappa shape index (κ3) is 31.6. The van der Waals surface area contributed by atoms with Crippen LogP contribution in [0.2, 0.25) is 0 Å². The van der Waals surface area contributed by atoms with Gasteiger partial charge in [0.15, 0.2) is 0 Å². The zero-order valence-electron chi connectivity index (χ0n) is 44.2. The molecule has 0 saturated carbocycles. The molecule has 430 valence electrons. The van der Waals surface area contributed by atoms with Crippen LogP contribution in [0.1, 0.15) is 107 Å². The molecule has 2 rings (SSSR count). The number of anilines is 1. The van der Waals surface area contributed by atoms with Gasteiger partial charge in [-0.1, -0.05) is 61.5 Å². The summed E-state index contributed by atoms with van der Waals surface area (Å²) in [5.74, 6) is -5.67. The molecule has 0 bridgehead atoms. The normalized spacial score (nSPS) is 13.0. The van der Waals surface area contributed by atoms with Gasteiger partial charge in [-0.05, 0) is 75.1 Å². The van der Waals surface area contributed by atoms with Crippen LogP contribution in [0, 0.1) is 6.92 Å². The van der Waals surface area contributed by atoms with Crippen LogP contribution >= 0.6 is 7.75 Å². The fourth-order valence-corrected chi connectivity index (χ4v) is 8.38. The number of carbonyl (C=O) groups is 8. The fourth-order valence-electron chi connectivity index (χ4n) is 7.30. The Bertz CT molecular complexity index is 2220. The zero-order chi connectivity index (χ0) is 56.9. The lowest BCUT2D eigenvalue weighted by atomic mass is 10.1. The molecule has 24 nitrogen and oxygen atoms in total. The molecule has 4 atom stereocenters. The Hall–Kier alpha value is -6.11. The number of nitrogens with zero attached hydrogens (tertiary/aromatic N) is 1. The minimum Gasteiger partial charge on any atom is -0.481 e. The van der Waals surface area contributed by atoms with Crippen molar-refractivity contribution in [3.63, 3.8) is 0 Å². The van der Waals surface area contributed by atoms with Crippen LogP contribution in [-0.2, 0) is 72.9 Å². The van der Waals surface area contributed by atoms with Gasteiger partial charge in [0.05, 0.1) is 66.0 Å².